The molecule has 0 unspecified atom stereocenters. The molecule has 3 nitrogen and oxygen atoms in total. The van der Waals surface area contributed by atoms with Crippen molar-refractivity contribution in [2.45, 2.75) is 31.4 Å². The molecule has 0 spiro atoms. The molecule has 52 valence electrons. The topological polar surface area (TPSA) is 63.3 Å². The molecular weight excluding hydrogens is 118 g/mol. The molecule has 0 aromatic carbocycles. The normalized spacial score (nSPS) is 41.9. The molecule has 3 N–H and O–H groups in total. The highest BCUT2D eigenvalue weighted by Crippen LogP contribution is 2.30. The van der Waals surface area contributed by atoms with Crippen molar-refractivity contribution in [1.82, 2.24) is 0 Å². The maximum Gasteiger partial charge on any atom is 0.162 e. The second kappa shape index (κ2) is 1.78. The number of nitrogens with two attached hydrogens (primary N) is 1. The Morgan fingerprint density at radius 2 is 2.44 bits per heavy atom. The first-order chi connectivity index (χ1) is 4.07. The zero-order valence-electron chi connectivity index (χ0n) is 5.42. The van der Waals surface area contributed by atoms with Gasteiger partial charge in [0.15, 0.2) is 5.78 Å². The first kappa shape index (κ1) is 6.71. The van der Waals surface area contributed by atoms with Crippen LogP contribution < -0.4 is 5.73 Å². The van der Waals surface area contributed by atoms with Gasteiger partial charge in [-0.25, -0.2) is 0 Å². The molecule has 0 aliphatic heterocycles. The predicted molar refractivity (Wildman–Crippen MR) is 32.8 cm³/mol. The number of hydrogen-bond acceptors (Lipinski definition) is 3. The van der Waals surface area contributed by atoms with Gasteiger partial charge in [0.2, 0.25) is 0 Å². The molecule has 3 heteroatoms. The molecular formula is C6H11NO2. The quantitative estimate of drug-likeness (QED) is 0.498. The van der Waals surface area contributed by atoms with Crippen molar-refractivity contribution in [3.05, 3.63) is 0 Å². The number of aliphatic hydroxyl groups is 1. The highest BCUT2D eigenvalue weighted by atomic mass is 16.3. The maximum absolute atomic E-state index is 10.6. The summed E-state index contributed by atoms with van der Waals surface area (Å²) >= 11 is 0. The van der Waals surface area contributed by atoms with Gasteiger partial charge in [0.1, 0.15) is 5.60 Å². The largest absolute Gasteiger partial charge is 0.380 e. The summed E-state index contributed by atoms with van der Waals surface area (Å²) in [7, 11) is 0. The van der Waals surface area contributed by atoms with Crippen molar-refractivity contribution in [3.8, 4) is 0 Å². The highest BCUT2D eigenvalue weighted by molar-refractivity contribution is 5.86. The molecule has 0 amide bonds. The van der Waals surface area contributed by atoms with Crippen molar-refractivity contribution in [2.24, 2.45) is 5.73 Å². The fourth-order valence-electron chi connectivity index (χ4n) is 1.02. The Labute approximate surface area is 53.9 Å². The Morgan fingerprint density at radius 3 is 2.44 bits per heavy atom. The summed E-state index contributed by atoms with van der Waals surface area (Å²) in [5.74, 6) is -0.207. The van der Waals surface area contributed by atoms with Gasteiger partial charge < -0.3 is 10.8 Å². The monoisotopic (exact) mass is 129 g/mol. The highest BCUT2D eigenvalue weighted by Gasteiger charge is 2.46. The van der Waals surface area contributed by atoms with Crippen molar-refractivity contribution >= 4 is 5.78 Å². The summed E-state index contributed by atoms with van der Waals surface area (Å²) in [6, 6.07) is -0.324. The molecule has 0 heterocycles. The standard InChI is InChI=1S/C6H11NO2/c1-4(8)6(9)3-2-5(6)7/h5,9H,2-3,7H2,1H3/t5-,6+/m1/s1. The summed E-state index contributed by atoms with van der Waals surface area (Å²) in [5.41, 5.74) is 4.21. The molecule has 1 fully saturated rings. The van der Waals surface area contributed by atoms with Crippen LogP contribution in [-0.2, 0) is 4.79 Å². The van der Waals surface area contributed by atoms with E-state index in [0.717, 1.165) is 6.42 Å². The molecule has 1 aliphatic rings. The van der Waals surface area contributed by atoms with Crippen LogP contribution in [-0.4, -0.2) is 22.5 Å². The van der Waals surface area contributed by atoms with E-state index in [-0.39, 0.29) is 11.8 Å². The fourth-order valence-corrected chi connectivity index (χ4v) is 1.02. The van der Waals surface area contributed by atoms with E-state index in [0.29, 0.717) is 6.42 Å². The number of rotatable bonds is 1. The van der Waals surface area contributed by atoms with Crippen LogP contribution in [0.2, 0.25) is 0 Å². The van der Waals surface area contributed by atoms with Gasteiger partial charge in [-0.05, 0) is 19.8 Å². The minimum Gasteiger partial charge on any atom is -0.380 e. The van der Waals surface area contributed by atoms with Crippen LogP contribution in [0.5, 0.6) is 0 Å². The summed E-state index contributed by atoms with van der Waals surface area (Å²) in [5, 5.41) is 9.28. The minimum absolute atomic E-state index is 0.207. The molecule has 2 atom stereocenters. The van der Waals surface area contributed by atoms with Gasteiger partial charge >= 0.3 is 0 Å². The molecule has 1 rings (SSSR count). The zero-order chi connectivity index (χ0) is 7.07. The average Bonchev–Trinajstić information content (AvgIpc) is 1.82. The van der Waals surface area contributed by atoms with Gasteiger partial charge in [0.05, 0.1) is 0 Å². The number of carbonyl (C=O) groups is 1. The third-order valence-electron chi connectivity index (χ3n) is 2.06. The Balaban J connectivity index is 2.64. The van der Waals surface area contributed by atoms with Gasteiger partial charge in [0.25, 0.3) is 0 Å². The second-order valence-electron chi connectivity index (χ2n) is 2.63. The lowest BCUT2D eigenvalue weighted by Crippen LogP contribution is -2.60. The van der Waals surface area contributed by atoms with E-state index >= 15 is 0 Å². The Bertz CT molecular complexity index is 146. The van der Waals surface area contributed by atoms with Gasteiger partial charge in [0, 0.05) is 6.04 Å². The number of Topliss-reactive ketones (excluding diaryl/α,β-unsaturated/α-hetero) is 1. The minimum atomic E-state index is -1.18. The molecule has 9 heavy (non-hydrogen) atoms. The predicted octanol–water partition coefficient (Wildman–Crippen LogP) is -0.572. The first-order valence-electron chi connectivity index (χ1n) is 3.06. The number of hydrogen-bond donors (Lipinski definition) is 2. The lowest BCUT2D eigenvalue weighted by molar-refractivity contribution is -0.146. The van der Waals surface area contributed by atoms with Crippen LogP contribution in [0.3, 0.4) is 0 Å². The van der Waals surface area contributed by atoms with Crippen molar-refractivity contribution in [2.75, 3.05) is 0 Å². The van der Waals surface area contributed by atoms with Gasteiger partial charge in [-0.2, -0.15) is 0 Å². The Hall–Kier alpha value is -0.410. The van der Waals surface area contributed by atoms with Crippen LogP contribution in [0.1, 0.15) is 19.8 Å². The van der Waals surface area contributed by atoms with Crippen LogP contribution in [0.4, 0.5) is 0 Å². The van der Waals surface area contributed by atoms with E-state index in [9.17, 15) is 9.90 Å². The van der Waals surface area contributed by atoms with Crippen LogP contribution in [0.15, 0.2) is 0 Å². The van der Waals surface area contributed by atoms with Gasteiger partial charge in [-0.3, -0.25) is 4.79 Å². The van der Waals surface area contributed by atoms with Gasteiger partial charge in [-0.15, -0.1) is 0 Å². The molecule has 1 aliphatic carbocycles. The third-order valence-corrected chi connectivity index (χ3v) is 2.06. The summed E-state index contributed by atoms with van der Waals surface area (Å²) in [4.78, 5) is 10.6. The fraction of sp³-hybridized carbons (Fsp3) is 0.833. The molecule has 0 radical (unpaired) electrons. The molecule has 0 bridgehead atoms. The van der Waals surface area contributed by atoms with E-state index in [1.165, 1.54) is 6.92 Å². The van der Waals surface area contributed by atoms with E-state index in [1.807, 2.05) is 0 Å². The average molecular weight is 129 g/mol. The first-order valence-corrected chi connectivity index (χ1v) is 3.06. The SMILES string of the molecule is CC(=O)[C@@]1(O)CC[C@H]1N. The number of ketones is 1. The van der Waals surface area contributed by atoms with Crippen LogP contribution in [0.25, 0.3) is 0 Å². The van der Waals surface area contributed by atoms with Crippen molar-refractivity contribution in [3.63, 3.8) is 0 Å². The summed E-state index contributed by atoms with van der Waals surface area (Å²) < 4.78 is 0. The Morgan fingerprint density at radius 1 is 1.89 bits per heavy atom. The van der Waals surface area contributed by atoms with E-state index in [1.54, 1.807) is 0 Å². The van der Waals surface area contributed by atoms with Crippen LogP contribution >= 0.6 is 0 Å². The molecule has 0 saturated heterocycles. The zero-order valence-corrected chi connectivity index (χ0v) is 5.42. The lowest BCUT2D eigenvalue weighted by atomic mass is 9.73. The second-order valence-corrected chi connectivity index (χ2v) is 2.63. The van der Waals surface area contributed by atoms with Gasteiger partial charge in [-0.1, -0.05) is 0 Å². The van der Waals surface area contributed by atoms with E-state index in [4.69, 9.17) is 5.73 Å². The summed E-state index contributed by atoms with van der Waals surface area (Å²) in [6.45, 7) is 1.37. The number of carbonyl (C=O) groups excluding carboxylic acids is 1. The summed E-state index contributed by atoms with van der Waals surface area (Å²) in [6.07, 6.45) is 1.29. The molecule has 0 aromatic heterocycles. The molecule has 0 aromatic rings. The lowest BCUT2D eigenvalue weighted by Gasteiger charge is -2.40. The van der Waals surface area contributed by atoms with E-state index < -0.39 is 5.60 Å². The van der Waals surface area contributed by atoms with Crippen molar-refractivity contribution in [1.29, 1.82) is 0 Å². The van der Waals surface area contributed by atoms with E-state index in [2.05, 4.69) is 0 Å². The van der Waals surface area contributed by atoms with Crippen LogP contribution in [0, 0.1) is 0 Å². The third kappa shape index (κ3) is 0.767. The van der Waals surface area contributed by atoms with Crippen molar-refractivity contribution < 1.29 is 9.90 Å². The maximum atomic E-state index is 10.6. The molecule has 1 saturated carbocycles. The Kier molecular flexibility index (Phi) is 1.33. The smallest absolute Gasteiger partial charge is 0.162 e.